The van der Waals surface area contributed by atoms with E-state index in [1.54, 1.807) is 26.1 Å². The molecule has 0 fully saturated rings. The predicted octanol–water partition coefficient (Wildman–Crippen LogP) is 3.04. The number of nitrogens with one attached hydrogen (secondary N) is 3. The normalized spacial score (nSPS) is 12.8. The molecule has 2 heterocycles. The third kappa shape index (κ3) is 3.80. The summed E-state index contributed by atoms with van der Waals surface area (Å²) >= 11 is 0. The number of aryl methyl sites for hydroxylation is 1. The van der Waals surface area contributed by atoms with E-state index in [1.807, 2.05) is 6.92 Å². The maximum absolute atomic E-state index is 13.1. The van der Waals surface area contributed by atoms with E-state index in [1.165, 1.54) is 24.3 Å². The number of rotatable bonds is 4. The average molecular weight is 357 g/mol. The number of fused-ring (bicyclic) bond motifs is 1. The highest BCUT2D eigenvalue weighted by atomic mass is 19.1. The molecule has 2 amide bonds. The van der Waals surface area contributed by atoms with E-state index in [2.05, 4.69) is 25.8 Å². The van der Waals surface area contributed by atoms with Crippen molar-refractivity contribution in [2.75, 3.05) is 5.32 Å². The van der Waals surface area contributed by atoms with E-state index in [9.17, 15) is 14.3 Å². The number of aromatic amines is 1. The highest BCUT2D eigenvalue weighted by Gasteiger charge is 2.30. The van der Waals surface area contributed by atoms with Gasteiger partial charge < -0.3 is 10.4 Å². The van der Waals surface area contributed by atoms with Crippen LogP contribution < -0.4 is 10.6 Å². The van der Waals surface area contributed by atoms with Crippen molar-refractivity contribution in [3.63, 3.8) is 0 Å². The van der Waals surface area contributed by atoms with Crippen LogP contribution in [0.15, 0.2) is 36.5 Å². The zero-order chi connectivity index (χ0) is 18.9. The zero-order valence-electron chi connectivity index (χ0n) is 14.7. The van der Waals surface area contributed by atoms with Crippen molar-refractivity contribution in [1.82, 2.24) is 20.5 Å². The van der Waals surface area contributed by atoms with Gasteiger partial charge in [0.15, 0.2) is 0 Å². The number of aromatic nitrogens is 3. The molecule has 8 heteroatoms. The monoisotopic (exact) mass is 357 g/mol. The van der Waals surface area contributed by atoms with E-state index >= 15 is 0 Å². The Balaban J connectivity index is 1.77. The maximum atomic E-state index is 13.1. The molecule has 0 aliphatic rings. The van der Waals surface area contributed by atoms with Crippen LogP contribution in [-0.4, -0.2) is 31.9 Å². The number of benzene rings is 1. The van der Waals surface area contributed by atoms with Crippen molar-refractivity contribution in [2.24, 2.45) is 0 Å². The Kier molecular flexibility index (Phi) is 4.60. The summed E-state index contributed by atoms with van der Waals surface area (Å²) in [7, 11) is 0. The minimum atomic E-state index is -1.26. The molecule has 0 bridgehead atoms. The van der Waals surface area contributed by atoms with Crippen LogP contribution in [0.5, 0.6) is 0 Å². The first-order chi connectivity index (χ1) is 12.2. The summed E-state index contributed by atoms with van der Waals surface area (Å²) in [5, 5.41) is 23.6. The number of H-pyrrole nitrogens is 1. The molecular formula is C18H20FN5O2. The minimum absolute atomic E-state index is 0.329. The van der Waals surface area contributed by atoms with Gasteiger partial charge in [0.1, 0.15) is 11.6 Å². The Bertz CT molecular complexity index is 931. The van der Waals surface area contributed by atoms with Gasteiger partial charge in [-0.25, -0.2) is 14.2 Å². The van der Waals surface area contributed by atoms with Gasteiger partial charge in [-0.15, -0.1) is 0 Å². The molecule has 3 aromatic rings. The Morgan fingerprint density at radius 1 is 1.31 bits per heavy atom. The summed E-state index contributed by atoms with van der Waals surface area (Å²) < 4.78 is 13.1. The number of nitrogens with zero attached hydrogens (tertiary/aromatic N) is 2. The standard InChI is InChI=1S/C18H20FN5O2/c1-10-13-9-20-15(8-14(13)24-23-10)21-17(25)22-16(18(2,3)26)11-4-6-12(19)7-5-11/h4-9,16,26H,1-3H3,(H,23,24)(H2,20,21,22,25)/t16-/m0/s1. The summed E-state index contributed by atoms with van der Waals surface area (Å²) in [4.78, 5) is 16.6. The van der Waals surface area contributed by atoms with Crippen LogP contribution >= 0.6 is 0 Å². The van der Waals surface area contributed by atoms with E-state index < -0.39 is 17.7 Å². The summed E-state index contributed by atoms with van der Waals surface area (Å²) in [6.45, 7) is 5.02. The lowest BCUT2D eigenvalue weighted by Crippen LogP contribution is -2.43. The molecular weight excluding hydrogens is 337 g/mol. The largest absolute Gasteiger partial charge is 0.388 e. The van der Waals surface area contributed by atoms with Crippen LogP contribution in [0.4, 0.5) is 15.0 Å². The number of hydrogen-bond acceptors (Lipinski definition) is 4. The van der Waals surface area contributed by atoms with E-state index in [-0.39, 0.29) is 5.82 Å². The first-order valence-electron chi connectivity index (χ1n) is 8.10. The van der Waals surface area contributed by atoms with Gasteiger partial charge >= 0.3 is 6.03 Å². The third-order valence-corrected chi connectivity index (χ3v) is 4.06. The minimum Gasteiger partial charge on any atom is -0.388 e. The van der Waals surface area contributed by atoms with Crippen molar-refractivity contribution < 1.29 is 14.3 Å². The fraction of sp³-hybridized carbons (Fsp3) is 0.278. The molecule has 0 saturated carbocycles. The topological polar surface area (TPSA) is 103 Å². The van der Waals surface area contributed by atoms with E-state index in [0.717, 1.165) is 11.1 Å². The van der Waals surface area contributed by atoms with Crippen molar-refractivity contribution >= 4 is 22.8 Å². The average Bonchev–Trinajstić information content (AvgIpc) is 2.93. The lowest BCUT2D eigenvalue weighted by molar-refractivity contribution is 0.0415. The second-order valence-electron chi connectivity index (χ2n) is 6.67. The number of amides is 2. The molecule has 1 aromatic carbocycles. The number of aliphatic hydroxyl groups is 1. The first kappa shape index (κ1) is 17.8. The van der Waals surface area contributed by atoms with Gasteiger partial charge in [0, 0.05) is 23.3 Å². The molecule has 7 nitrogen and oxygen atoms in total. The van der Waals surface area contributed by atoms with Crippen LogP contribution in [0.1, 0.15) is 31.1 Å². The Labute approximate surface area is 149 Å². The molecule has 0 unspecified atom stereocenters. The summed E-state index contributed by atoms with van der Waals surface area (Å²) in [5.74, 6) is -0.0606. The van der Waals surface area contributed by atoms with Gasteiger partial charge in [-0.05, 0) is 38.5 Å². The van der Waals surface area contributed by atoms with Crippen LogP contribution in [0.2, 0.25) is 0 Å². The van der Waals surface area contributed by atoms with Crippen LogP contribution in [0.3, 0.4) is 0 Å². The van der Waals surface area contributed by atoms with Gasteiger partial charge in [-0.2, -0.15) is 5.10 Å². The molecule has 3 rings (SSSR count). The predicted molar refractivity (Wildman–Crippen MR) is 96.2 cm³/mol. The molecule has 136 valence electrons. The van der Waals surface area contributed by atoms with E-state index in [4.69, 9.17) is 0 Å². The van der Waals surface area contributed by atoms with Crippen LogP contribution in [0.25, 0.3) is 10.9 Å². The molecule has 0 aliphatic heterocycles. The van der Waals surface area contributed by atoms with Crippen LogP contribution in [0, 0.1) is 12.7 Å². The zero-order valence-corrected chi connectivity index (χ0v) is 14.7. The molecule has 0 aliphatic carbocycles. The molecule has 0 radical (unpaired) electrons. The number of halogens is 1. The Hall–Kier alpha value is -3.00. The number of carbonyl (C=O) groups excluding carboxylic acids is 1. The highest BCUT2D eigenvalue weighted by Crippen LogP contribution is 2.26. The smallest absolute Gasteiger partial charge is 0.320 e. The van der Waals surface area contributed by atoms with E-state index in [0.29, 0.717) is 16.9 Å². The number of anilines is 1. The number of pyridine rings is 1. The Morgan fingerprint density at radius 2 is 2.00 bits per heavy atom. The highest BCUT2D eigenvalue weighted by molar-refractivity contribution is 5.91. The molecule has 1 atom stereocenters. The summed E-state index contributed by atoms with van der Waals surface area (Å²) in [5.41, 5.74) is 0.902. The molecule has 26 heavy (non-hydrogen) atoms. The van der Waals surface area contributed by atoms with Gasteiger partial charge in [0.2, 0.25) is 0 Å². The lowest BCUT2D eigenvalue weighted by Gasteiger charge is -2.30. The second kappa shape index (κ2) is 6.72. The molecule has 2 aromatic heterocycles. The number of urea groups is 1. The van der Waals surface area contributed by atoms with Crippen molar-refractivity contribution in [2.45, 2.75) is 32.4 Å². The second-order valence-corrected chi connectivity index (χ2v) is 6.67. The fourth-order valence-corrected chi connectivity index (χ4v) is 2.71. The first-order valence-corrected chi connectivity index (χ1v) is 8.10. The van der Waals surface area contributed by atoms with Gasteiger partial charge in [0.05, 0.1) is 17.2 Å². The SMILES string of the molecule is Cc1[nH]nc2cc(NC(=O)N[C@@H](c3ccc(F)cc3)C(C)(C)O)ncc12. The van der Waals surface area contributed by atoms with Crippen molar-refractivity contribution in [3.8, 4) is 0 Å². The van der Waals surface area contributed by atoms with Crippen molar-refractivity contribution in [1.29, 1.82) is 0 Å². The number of hydrogen-bond donors (Lipinski definition) is 4. The summed E-state index contributed by atoms with van der Waals surface area (Å²) in [6, 6.07) is 5.98. The molecule has 4 N–H and O–H groups in total. The van der Waals surface area contributed by atoms with Crippen LogP contribution in [-0.2, 0) is 0 Å². The summed E-state index contributed by atoms with van der Waals surface area (Å²) in [6.07, 6.45) is 1.62. The van der Waals surface area contributed by atoms with Gasteiger partial charge in [-0.3, -0.25) is 10.4 Å². The fourth-order valence-electron chi connectivity index (χ4n) is 2.71. The molecule has 0 spiro atoms. The maximum Gasteiger partial charge on any atom is 0.320 e. The number of carbonyl (C=O) groups is 1. The molecule has 0 saturated heterocycles. The van der Waals surface area contributed by atoms with Gasteiger partial charge in [0.25, 0.3) is 0 Å². The van der Waals surface area contributed by atoms with Crippen molar-refractivity contribution in [3.05, 3.63) is 53.6 Å². The Morgan fingerprint density at radius 3 is 2.65 bits per heavy atom. The quantitative estimate of drug-likeness (QED) is 0.576. The van der Waals surface area contributed by atoms with Gasteiger partial charge in [-0.1, -0.05) is 12.1 Å². The third-order valence-electron chi connectivity index (χ3n) is 4.06. The lowest BCUT2D eigenvalue weighted by atomic mass is 9.92.